The van der Waals surface area contributed by atoms with Gasteiger partial charge in [-0.15, -0.1) is 0 Å². The Bertz CT molecular complexity index is 606. The van der Waals surface area contributed by atoms with Crippen LogP contribution in [0.2, 0.25) is 0 Å². The van der Waals surface area contributed by atoms with Gasteiger partial charge in [-0.3, -0.25) is 0 Å². The van der Waals surface area contributed by atoms with Crippen molar-refractivity contribution in [3.63, 3.8) is 0 Å². The van der Waals surface area contributed by atoms with E-state index in [4.69, 9.17) is 10.5 Å². The average molecular weight is 267 g/mol. The highest BCUT2D eigenvalue weighted by Crippen LogP contribution is 2.34. The van der Waals surface area contributed by atoms with E-state index in [0.29, 0.717) is 0 Å². The number of aryl methyl sites for hydroxylation is 2. The van der Waals surface area contributed by atoms with Crippen LogP contribution in [0.4, 0.5) is 0 Å². The molecular weight excluding hydrogens is 246 g/mol. The van der Waals surface area contributed by atoms with E-state index in [1.165, 1.54) is 16.7 Å². The predicted octanol–water partition coefficient (Wildman–Crippen LogP) is 3.56. The molecule has 2 N–H and O–H groups in total. The Morgan fingerprint density at radius 3 is 2.90 bits per heavy atom. The molecule has 1 heterocycles. The quantitative estimate of drug-likeness (QED) is 0.919. The third-order valence-electron chi connectivity index (χ3n) is 3.97. The monoisotopic (exact) mass is 267 g/mol. The number of ether oxygens (including phenoxy) is 1. The second-order valence-electron chi connectivity index (χ2n) is 5.57. The summed E-state index contributed by atoms with van der Waals surface area (Å²) >= 11 is 0. The van der Waals surface area contributed by atoms with Crippen LogP contribution in [-0.4, -0.2) is 6.61 Å². The molecule has 2 nitrogen and oxygen atoms in total. The van der Waals surface area contributed by atoms with Gasteiger partial charge in [0.1, 0.15) is 5.75 Å². The summed E-state index contributed by atoms with van der Waals surface area (Å²) in [6.45, 7) is 2.91. The summed E-state index contributed by atoms with van der Waals surface area (Å²) in [5, 5.41) is 0. The van der Waals surface area contributed by atoms with E-state index >= 15 is 0 Å². The van der Waals surface area contributed by atoms with E-state index in [2.05, 4.69) is 49.4 Å². The molecular formula is C18H21NO. The smallest absolute Gasteiger partial charge is 0.127 e. The van der Waals surface area contributed by atoms with Gasteiger partial charge in [-0.1, -0.05) is 48.0 Å². The van der Waals surface area contributed by atoms with E-state index in [0.717, 1.165) is 37.2 Å². The molecule has 2 heteroatoms. The van der Waals surface area contributed by atoms with Gasteiger partial charge in [0.2, 0.25) is 0 Å². The molecule has 20 heavy (non-hydrogen) atoms. The summed E-state index contributed by atoms with van der Waals surface area (Å²) in [7, 11) is 0. The Hall–Kier alpha value is -1.80. The van der Waals surface area contributed by atoms with Gasteiger partial charge in [0, 0.05) is 18.0 Å². The van der Waals surface area contributed by atoms with Crippen molar-refractivity contribution in [1.29, 1.82) is 0 Å². The molecule has 1 atom stereocenters. The third-order valence-corrected chi connectivity index (χ3v) is 3.97. The van der Waals surface area contributed by atoms with Gasteiger partial charge in [-0.05, 0) is 30.9 Å². The van der Waals surface area contributed by atoms with Crippen LogP contribution in [0.1, 0.15) is 34.7 Å². The topological polar surface area (TPSA) is 35.2 Å². The number of nitrogens with two attached hydrogens (primary N) is 1. The molecule has 0 saturated carbocycles. The van der Waals surface area contributed by atoms with Crippen LogP contribution in [0, 0.1) is 6.92 Å². The fourth-order valence-corrected chi connectivity index (χ4v) is 2.88. The molecule has 0 aliphatic carbocycles. The number of hydrogen-bond acceptors (Lipinski definition) is 2. The molecule has 0 saturated heterocycles. The van der Waals surface area contributed by atoms with Crippen LogP contribution in [-0.2, 0) is 12.8 Å². The highest BCUT2D eigenvalue weighted by molar-refractivity contribution is 5.45. The first kappa shape index (κ1) is 13.2. The van der Waals surface area contributed by atoms with Crippen LogP contribution >= 0.6 is 0 Å². The minimum absolute atomic E-state index is 0.0450. The van der Waals surface area contributed by atoms with Crippen molar-refractivity contribution in [1.82, 2.24) is 0 Å². The Labute approximate surface area is 120 Å². The van der Waals surface area contributed by atoms with Crippen molar-refractivity contribution in [2.45, 2.75) is 32.2 Å². The van der Waals surface area contributed by atoms with E-state index in [1.54, 1.807) is 0 Å². The van der Waals surface area contributed by atoms with Crippen molar-refractivity contribution in [3.8, 4) is 5.75 Å². The summed E-state index contributed by atoms with van der Waals surface area (Å²) in [5.74, 6) is 1.03. The lowest BCUT2D eigenvalue weighted by Crippen LogP contribution is -2.12. The first-order valence-corrected chi connectivity index (χ1v) is 7.30. The number of benzene rings is 2. The highest BCUT2D eigenvalue weighted by atomic mass is 16.5. The molecule has 0 amide bonds. The van der Waals surface area contributed by atoms with Gasteiger partial charge >= 0.3 is 0 Å². The summed E-state index contributed by atoms with van der Waals surface area (Å²) in [4.78, 5) is 0. The van der Waals surface area contributed by atoms with Crippen molar-refractivity contribution in [2.75, 3.05) is 6.61 Å². The second kappa shape index (κ2) is 5.68. The minimum Gasteiger partial charge on any atom is -0.493 e. The maximum absolute atomic E-state index is 6.37. The SMILES string of the molecule is Cc1cccc(CCC(N)c2cccc3c2OCC3)c1. The Kier molecular flexibility index (Phi) is 3.75. The lowest BCUT2D eigenvalue weighted by atomic mass is 9.96. The largest absolute Gasteiger partial charge is 0.493 e. The van der Waals surface area contributed by atoms with E-state index < -0.39 is 0 Å². The van der Waals surface area contributed by atoms with Crippen LogP contribution in [0.15, 0.2) is 42.5 Å². The van der Waals surface area contributed by atoms with Gasteiger partial charge in [0.25, 0.3) is 0 Å². The molecule has 0 radical (unpaired) electrons. The summed E-state index contributed by atoms with van der Waals surface area (Å²) in [6.07, 6.45) is 2.96. The zero-order valence-corrected chi connectivity index (χ0v) is 11.9. The Balaban J connectivity index is 1.71. The summed E-state index contributed by atoms with van der Waals surface area (Å²) in [6, 6.07) is 15.0. The number of para-hydroxylation sites is 1. The molecule has 2 aromatic rings. The molecule has 0 aromatic heterocycles. The van der Waals surface area contributed by atoms with Crippen LogP contribution in [0.3, 0.4) is 0 Å². The minimum atomic E-state index is 0.0450. The molecule has 1 aliphatic rings. The number of rotatable bonds is 4. The molecule has 0 fully saturated rings. The lowest BCUT2D eigenvalue weighted by molar-refractivity contribution is 0.350. The molecule has 3 rings (SSSR count). The zero-order chi connectivity index (χ0) is 13.9. The van der Waals surface area contributed by atoms with Crippen molar-refractivity contribution in [2.24, 2.45) is 5.73 Å². The number of fused-ring (bicyclic) bond motifs is 1. The van der Waals surface area contributed by atoms with Crippen LogP contribution in [0.25, 0.3) is 0 Å². The molecule has 104 valence electrons. The van der Waals surface area contributed by atoms with Crippen molar-refractivity contribution >= 4 is 0 Å². The third kappa shape index (κ3) is 2.70. The molecule has 0 bridgehead atoms. The highest BCUT2D eigenvalue weighted by Gasteiger charge is 2.19. The van der Waals surface area contributed by atoms with Gasteiger partial charge in [-0.2, -0.15) is 0 Å². The van der Waals surface area contributed by atoms with E-state index in [-0.39, 0.29) is 6.04 Å². The standard InChI is InChI=1S/C18H21NO/c1-13-4-2-5-14(12-13)8-9-17(19)16-7-3-6-15-10-11-20-18(15)16/h2-7,12,17H,8-11,19H2,1H3. The van der Waals surface area contributed by atoms with E-state index in [9.17, 15) is 0 Å². The second-order valence-corrected chi connectivity index (χ2v) is 5.57. The van der Waals surface area contributed by atoms with Crippen LogP contribution < -0.4 is 10.5 Å². The van der Waals surface area contributed by atoms with Crippen LogP contribution in [0.5, 0.6) is 5.75 Å². The predicted molar refractivity (Wildman–Crippen MR) is 82.1 cm³/mol. The Morgan fingerprint density at radius 2 is 2.05 bits per heavy atom. The van der Waals surface area contributed by atoms with Crippen molar-refractivity contribution < 1.29 is 4.74 Å². The fourth-order valence-electron chi connectivity index (χ4n) is 2.88. The summed E-state index contributed by atoms with van der Waals surface area (Å²) in [5.41, 5.74) is 11.5. The van der Waals surface area contributed by atoms with Gasteiger partial charge in [-0.25, -0.2) is 0 Å². The van der Waals surface area contributed by atoms with Crippen molar-refractivity contribution in [3.05, 3.63) is 64.7 Å². The first-order chi connectivity index (χ1) is 9.74. The van der Waals surface area contributed by atoms with Gasteiger partial charge in [0.05, 0.1) is 6.61 Å². The average Bonchev–Trinajstić information content (AvgIpc) is 2.93. The Morgan fingerprint density at radius 1 is 1.20 bits per heavy atom. The first-order valence-electron chi connectivity index (χ1n) is 7.30. The maximum atomic E-state index is 6.37. The molecule has 2 aromatic carbocycles. The normalized spacial score (nSPS) is 14.7. The maximum Gasteiger partial charge on any atom is 0.127 e. The van der Waals surface area contributed by atoms with Gasteiger partial charge in [0.15, 0.2) is 0 Å². The molecule has 1 aliphatic heterocycles. The molecule has 1 unspecified atom stereocenters. The van der Waals surface area contributed by atoms with E-state index in [1.807, 2.05) is 0 Å². The fraction of sp³-hybridized carbons (Fsp3) is 0.333. The zero-order valence-electron chi connectivity index (χ0n) is 11.9. The molecule has 0 spiro atoms. The van der Waals surface area contributed by atoms with Gasteiger partial charge < -0.3 is 10.5 Å². The lowest BCUT2D eigenvalue weighted by Gasteiger charge is -2.15. The summed E-state index contributed by atoms with van der Waals surface area (Å²) < 4.78 is 5.74. The number of hydrogen-bond donors (Lipinski definition) is 1.